The summed E-state index contributed by atoms with van der Waals surface area (Å²) < 4.78 is 11.2. The molecule has 1 aromatic heterocycles. The molecule has 0 saturated carbocycles. The Kier molecular flexibility index (Phi) is 5.70. The highest BCUT2D eigenvalue weighted by Crippen LogP contribution is 2.18. The van der Waals surface area contributed by atoms with Gasteiger partial charge in [0.25, 0.3) is 5.91 Å². The van der Waals surface area contributed by atoms with Crippen molar-refractivity contribution >= 4 is 11.7 Å². The molecule has 2 heterocycles. The number of carbonyl (C=O) groups is 1. The minimum atomic E-state index is -1.28. The molecule has 7 nitrogen and oxygen atoms in total. The Morgan fingerprint density at radius 3 is 2.96 bits per heavy atom. The quantitative estimate of drug-likeness (QED) is 0.842. The molecule has 138 valence electrons. The number of amides is 1. The molecule has 26 heavy (non-hydrogen) atoms. The van der Waals surface area contributed by atoms with E-state index in [1.54, 1.807) is 30.3 Å². The van der Waals surface area contributed by atoms with E-state index in [0.717, 1.165) is 0 Å². The summed E-state index contributed by atoms with van der Waals surface area (Å²) in [5, 5.41) is 13.8. The van der Waals surface area contributed by atoms with Crippen molar-refractivity contribution in [2.75, 3.05) is 45.3 Å². The zero-order valence-corrected chi connectivity index (χ0v) is 14.7. The minimum absolute atomic E-state index is 0.0406. The molecule has 1 fully saturated rings. The van der Waals surface area contributed by atoms with Crippen molar-refractivity contribution in [1.82, 2.24) is 9.88 Å². The molecule has 3 rings (SSSR count). The number of pyridine rings is 1. The second kappa shape index (κ2) is 8.16. The number of hydrogen-bond acceptors (Lipinski definition) is 6. The van der Waals surface area contributed by atoms with Crippen molar-refractivity contribution in [2.45, 2.75) is 5.60 Å². The summed E-state index contributed by atoms with van der Waals surface area (Å²) in [7, 11) is 1.75. The Morgan fingerprint density at radius 2 is 2.19 bits per heavy atom. The third kappa shape index (κ3) is 4.50. The van der Waals surface area contributed by atoms with Gasteiger partial charge in [0, 0.05) is 25.4 Å². The lowest BCUT2D eigenvalue weighted by Gasteiger charge is -2.30. The monoisotopic (exact) mass is 357 g/mol. The summed E-state index contributed by atoms with van der Waals surface area (Å²) in [6.07, 6.45) is 1.58. The number of para-hydroxylation sites is 1. The number of β-amino-alcohol motifs (C(OH)–C–C–N with tert-alkyl or cyclic N) is 1. The van der Waals surface area contributed by atoms with Gasteiger partial charge in [0.2, 0.25) is 0 Å². The molecule has 7 heteroatoms. The first-order valence-electron chi connectivity index (χ1n) is 8.51. The number of rotatable bonds is 5. The number of anilines is 1. The van der Waals surface area contributed by atoms with E-state index < -0.39 is 5.60 Å². The van der Waals surface area contributed by atoms with Crippen LogP contribution in [0.1, 0.15) is 10.4 Å². The number of aliphatic hydroxyl groups is 1. The van der Waals surface area contributed by atoms with E-state index in [9.17, 15) is 9.90 Å². The van der Waals surface area contributed by atoms with Crippen LogP contribution in [0.4, 0.5) is 5.82 Å². The van der Waals surface area contributed by atoms with Gasteiger partial charge in [-0.25, -0.2) is 4.98 Å². The van der Waals surface area contributed by atoms with Crippen LogP contribution in [0.25, 0.3) is 0 Å². The van der Waals surface area contributed by atoms with Crippen molar-refractivity contribution in [2.24, 2.45) is 0 Å². The van der Waals surface area contributed by atoms with E-state index in [4.69, 9.17) is 9.47 Å². The van der Waals surface area contributed by atoms with E-state index in [2.05, 4.69) is 10.3 Å². The summed E-state index contributed by atoms with van der Waals surface area (Å²) in [5.74, 6) is 1.10. The molecular formula is C19H23N3O4. The second-order valence-corrected chi connectivity index (χ2v) is 6.29. The Balaban J connectivity index is 1.70. The van der Waals surface area contributed by atoms with Gasteiger partial charge in [-0.05, 0) is 24.3 Å². The number of carbonyl (C=O) groups excluding carboxylic acids is 1. The Labute approximate surface area is 152 Å². The fourth-order valence-electron chi connectivity index (χ4n) is 2.79. The van der Waals surface area contributed by atoms with Crippen LogP contribution >= 0.6 is 0 Å². The van der Waals surface area contributed by atoms with Gasteiger partial charge in [-0.15, -0.1) is 0 Å². The number of nitrogens with zero attached hydrogens (tertiary/aromatic N) is 2. The van der Waals surface area contributed by atoms with Crippen LogP contribution in [0.2, 0.25) is 0 Å². The summed E-state index contributed by atoms with van der Waals surface area (Å²) in [5.41, 5.74) is -0.765. The molecule has 1 aromatic carbocycles. The fraction of sp³-hybridized carbons (Fsp3) is 0.368. The molecule has 1 amide bonds. The highest BCUT2D eigenvalue weighted by Gasteiger charge is 2.35. The standard InChI is InChI=1S/C19H23N3O4/c1-20-17-11-15(7-8-21-17)18(23)22-9-10-25-13-19(24,12-22)14-26-16-5-3-2-4-6-16/h2-8,11,24H,9-10,12-14H2,1H3,(H,20,21)/t19-/m0/s1. The molecule has 0 unspecified atom stereocenters. The molecule has 1 aliphatic rings. The summed E-state index contributed by atoms with van der Waals surface area (Å²) in [4.78, 5) is 18.6. The summed E-state index contributed by atoms with van der Waals surface area (Å²) in [6, 6.07) is 12.6. The maximum Gasteiger partial charge on any atom is 0.254 e. The zero-order chi connectivity index (χ0) is 18.4. The first-order valence-corrected chi connectivity index (χ1v) is 8.51. The van der Waals surface area contributed by atoms with Gasteiger partial charge in [0.1, 0.15) is 23.8 Å². The molecule has 2 aromatic rings. The highest BCUT2D eigenvalue weighted by molar-refractivity contribution is 5.94. The average Bonchev–Trinajstić information content (AvgIpc) is 2.89. The molecule has 0 radical (unpaired) electrons. The van der Waals surface area contributed by atoms with Crippen LogP contribution < -0.4 is 10.1 Å². The second-order valence-electron chi connectivity index (χ2n) is 6.29. The number of nitrogens with one attached hydrogen (secondary N) is 1. The highest BCUT2D eigenvalue weighted by atomic mass is 16.5. The normalized spacial score (nSPS) is 20.3. The lowest BCUT2D eigenvalue weighted by molar-refractivity contribution is -0.0621. The molecule has 0 spiro atoms. The smallest absolute Gasteiger partial charge is 0.254 e. The van der Waals surface area contributed by atoms with E-state index in [1.165, 1.54) is 0 Å². The van der Waals surface area contributed by atoms with Gasteiger partial charge in [0.05, 0.1) is 19.8 Å². The van der Waals surface area contributed by atoms with Gasteiger partial charge >= 0.3 is 0 Å². The maximum absolute atomic E-state index is 12.8. The number of hydrogen-bond donors (Lipinski definition) is 2. The first-order chi connectivity index (χ1) is 12.6. The predicted octanol–water partition coefficient (Wildman–Crippen LogP) is 1.41. The third-order valence-corrected chi connectivity index (χ3v) is 4.16. The Morgan fingerprint density at radius 1 is 1.38 bits per heavy atom. The molecule has 1 saturated heterocycles. The Bertz CT molecular complexity index is 741. The lowest BCUT2D eigenvalue weighted by Crippen LogP contribution is -2.50. The largest absolute Gasteiger partial charge is 0.490 e. The van der Waals surface area contributed by atoms with Crippen LogP contribution in [0.15, 0.2) is 48.7 Å². The maximum atomic E-state index is 12.8. The van der Waals surface area contributed by atoms with E-state index in [1.807, 2.05) is 30.3 Å². The topological polar surface area (TPSA) is 83.9 Å². The van der Waals surface area contributed by atoms with Crippen LogP contribution in [0, 0.1) is 0 Å². The molecule has 1 aliphatic heterocycles. The van der Waals surface area contributed by atoms with Gasteiger partial charge in [-0.1, -0.05) is 18.2 Å². The average molecular weight is 357 g/mol. The molecule has 2 N–H and O–H groups in total. The molecule has 0 aliphatic carbocycles. The van der Waals surface area contributed by atoms with Gasteiger partial charge in [-0.3, -0.25) is 4.79 Å². The summed E-state index contributed by atoms with van der Waals surface area (Å²) in [6.45, 7) is 1.06. The zero-order valence-electron chi connectivity index (χ0n) is 14.7. The van der Waals surface area contributed by atoms with Crippen molar-refractivity contribution < 1.29 is 19.4 Å². The van der Waals surface area contributed by atoms with E-state index in [-0.39, 0.29) is 25.7 Å². The van der Waals surface area contributed by atoms with Crippen LogP contribution in [0.5, 0.6) is 5.75 Å². The van der Waals surface area contributed by atoms with Crippen LogP contribution in [-0.2, 0) is 4.74 Å². The summed E-state index contributed by atoms with van der Waals surface area (Å²) >= 11 is 0. The Hall–Kier alpha value is -2.64. The van der Waals surface area contributed by atoms with Crippen molar-refractivity contribution in [3.05, 3.63) is 54.2 Å². The molecule has 1 atom stereocenters. The van der Waals surface area contributed by atoms with Crippen LogP contribution in [0.3, 0.4) is 0 Å². The van der Waals surface area contributed by atoms with E-state index in [0.29, 0.717) is 30.3 Å². The SMILES string of the molecule is CNc1cc(C(=O)N2CCOC[C@](O)(COc3ccccc3)C2)ccn1. The lowest BCUT2D eigenvalue weighted by atomic mass is 10.1. The van der Waals surface area contributed by atoms with Crippen molar-refractivity contribution in [3.8, 4) is 5.75 Å². The number of ether oxygens (including phenoxy) is 2. The predicted molar refractivity (Wildman–Crippen MR) is 97.4 cm³/mol. The third-order valence-electron chi connectivity index (χ3n) is 4.16. The van der Waals surface area contributed by atoms with Crippen molar-refractivity contribution in [1.29, 1.82) is 0 Å². The van der Waals surface area contributed by atoms with Crippen molar-refractivity contribution in [3.63, 3.8) is 0 Å². The van der Waals surface area contributed by atoms with Gasteiger partial charge in [-0.2, -0.15) is 0 Å². The van der Waals surface area contributed by atoms with Crippen LogP contribution in [-0.4, -0.2) is 66.5 Å². The van der Waals surface area contributed by atoms with Gasteiger partial charge < -0.3 is 24.8 Å². The fourth-order valence-corrected chi connectivity index (χ4v) is 2.79. The van der Waals surface area contributed by atoms with Gasteiger partial charge in [0.15, 0.2) is 0 Å². The first kappa shape index (κ1) is 18.2. The molecular weight excluding hydrogens is 334 g/mol. The number of benzene rings is 1. The number of aromatic nitrogens is 1. The minimum Gasteiger partial charge on any atom is -0.490 e. The molecule has 0 bridgehead atoms. The van der Waals surface area contributed by atoms with E-state index >= 15 is 0 Å².